The third kappa shape index (κ3) is 5.66. The zero-order valence-electron chi connectivity index (χ0n) is 3.60. The molecule has 0 bridgehead atoms. The summed E-state index contributed by atoms with van der Waals surface area (Å²) in [5, 5.41) is 6.67. The van der Waals surface area contributed by atoms with Gasteiger partial charge in [-0.15, -0.1) is 0 Å². The molecule has 0 aliphatic carbocycles. The van der Waals surface area contributed by atoms with Crippen LogP contribution in [0.4, 0.5) is 0 Å². The van der Waals surface area contributed by atoms with Crippen LogP contribution in [0.25, 0.3) is 0 Å². The summed E-state index contributed by atoms with van der Waals surface area (Å²) < 4.78 is 0.188. The number of carbonyl (C=O) groups excluding carboxylic acids is 1. The van der Waals surface area contributed by atoms with Crippen LogP contribution >= 0.6 is 0 Å². The molecule has 1 radical (unpaired) electrons. The number of amides is 1. The van der Waals surface area contributed by atoms with Crippen molar-refractivity contribution in [2.75, 3.05) is 0 Å². The molecule has 7 heavy (non-hydrogen) atoms. The minimum absolute atomic E-state index is 0.0278. The Morgan fingerprint density at radius 2 is 2.29 bits per heavy atom. The predicted octanol–water partition coefficient (Wildman–Crippen LogP) is -0.992. The Balaban J connectivity index is 3.32. The first-order valence-corrected chi connectivity index (χ1v) is 2.51. The maximum atomic E-state index is 9.87. The van der Waals surface area contributed by atoms with Crippen LogP contribution in [0.15, 0.2) is 0 Å². The summed E-state index contributed by atoms with van der Waals surface area (Å²) in [7, 11) is 0. The molecule has 0 aromatic carbocycles. The molecule has 0 fully saturated rings. The molecule has 0 unspecified atom stereocenters. The summed E-state index contributed by atoms with van der Waals surface area (Å²) in [4.78, 5) is 9.87. The molecular formula is C3H5N2OSe. The van der Waals surface area contributed by atoms with Crippen LogP contribution in [-0.2, 0) is 4.79 Å². The van der Waals surface area contributed by atoms with E-state index >= 15 is 0 Å². The standard InChI is InChI=1S/C3H5N2OSe/c4-2(6)1-3(5)7/h5H,1H2,(H2,4,6). The van der Waals surface area contributed by atoms with Gasteiger partial charge in [0.25, 0.3) is 0 Å². The normalized spacial score (nSPS) is 8.00. The number of carbonyl (C=O) groups is 1. The molecule has 0 atom stereocenters. The van der Waals surface area contributed by atoms with Crippen LogP contribution in [0.5, 0.6) is 0 Å². The number of primary amides is 1. The van der Waals surface area contributed by atoms with Crippen LogP contribution < -0.4 is 5.73 Å². The van der Waals surface area contributed by atoms with Crippen LogP contribution in [0, 0.1) is 5.41 Å². The first kappa shape index (κ1) is 6.66. The first-order chi connectivity index (χ1) is 3.13. The third-order valence-corrected chi connectivity index (χ3v) is 0.638. The SMILES string of the molecule is N=C([Se])CC(N)=O. The molecule has 3 nitrogen and oxygen atoms in total. The van der Waals surface area contributed by atoms with Gasteiger partial charge in [0.15, 0.2) is 0 Å². The van der Waals surface area contributed by atoms with Crippen molar-refractivity contribution >= 4 is 26.5 Å². The van der Waals surface area contributed by atoms with E-state index in [1.165, 1.54) is 0 Å². The third-order valence-electron chi connectivity index (χ3n) is 0.335. The fraction of sp³-hybridized carbons (Fsp3) is 0.333. The zero-order valence-corrected chi connectivity index (χ0v) is 5.31. The van der Waals surface area contributed by atoms with Gasteiger partial charge in [-0.3, -0.25) is 0 Å². The van der Waals surface area contributed by atoms with Crippen LogP contribution in [-0.4, -0.2) is 26.5 Å². The Morgan fingerprint density at radius 1 is 1.86 bits per heavy atom. The summed E-state index contributed by atoms with van der Waals surface area (Å²) in [6.07, 6.45) is 0.0278. The Bertz CT molecular complexity index is 89.1. The zero-order chi connectivity index (χ0) is 5.86. The van der Waals surface area contributed by atoms with Gasteiger partial charge in [-0.1, -0.05) is 0 Å². The fourth-order valence-corrected chi connectivity index (χ4v) is 0.457. The van der Waals surface area contributed by atoms with Gasteiger partial charge >= 0.3 is 48.9 Å². The van der Waals surface area contributed by atoms with Gasteiger partial charge in [0.05, 0.1) is 0 Å². The summed E-state index contributed by atoms with van der Waals surface area (Å²) in [5.41, 5.74) is 4.69. The topological polar surface area (TPSA) is 66.9 Å². The maximum absolute atomic E-state index is 9.87. The minimum atomic E-state index is -0.469. The van der Waals surface area contributed by atoms with Crippen LogP contribution in [0.3, 0.4) is 0 Å². The van der Waals surface area contributed by atoms with Gasteiger partial charge < -0.3 is 0 Å². The van der Waals surface area contributed by atoms with E-state index in [0.29, 0.717) is 0 Å². The number of nitrogens with one attached hydrogen (secondary N) is 1. The number of rotatable bonds is 2. The van der Waals surface area contributed by atoms with E-state index in [9.17, 15) is 4.79 Å². The molecule has 0 saturated carbocycles. The van der Waals surface area contributed by atoms with Crippen molar-refractivity contribution in [2.24, 2.45) is 5.73 Å². The molecule has 3 N–H and O–H groups in total. The van der Waals surface area contributed by atoms with E-state index in [1.54, 1.807) is 0 Å². The average molecular weight is 164 g/mol. The number of hydrogen-bond donors (Lipinski definition) is 2. The van der Waals surface area contributed by atoms with Gasteiger partial charge in [0.1, 0.15) is 0 Å². The average Bonchev–Trinajstić information content (AvgIpc) is 1.27. The van der Waals surface area contributed by atoms with Crippen molar-refractivity contribution in [2.45, 2.75) is 6.42 Å². The quantitative estimate of drug-likeness (QED) is 0.399. The molecule has 0 aliphatic heterocycles. The van der Waals surface area contributed by atoms with Crippen molar-refractivity contribution in [3.8, 4) is 0 Å². The van der Waals surface area contributed by atoms with Gasteiger partial charge in [0, 0.05) is 0 Å². The van der Waals surface area contributed by atoms with E-state index in [4.69, 9.17) is 11.1 Å². The van der Waals surface area contributed by atoms with Crippen LogP contribution in [0.1, 0.15) is 6.42 Å². The van der Waals surface area contributed by atoms with Crippen molar-refractivity contribution in [3.05, 3.63) is 0 Å². The molecule has 0 heterocycles. The van der Waals surface area contributed by atoms with E-state index in [1.807, 2.05) is 0 Å². The Kier molecular flexibility index (Phi) is 2.64. The van der Waals surface area contributed by atoms with E-state index in [-0.39, 0.29) is 11.0 Å². The molecule has 0 spiro atoms. The Hall–Kier alpha value is -0.341. The number of nitrogens with two attached hydrogens (primary N) is 1. The first-order valence-electron chi connectivity index (χ1n) is 1.65. The molecule has 1 amide bonds. The molecule has 0 rings (SSSR count). The van der Waals surface area contributed by atoms with Crippen molar-refractivity contribution < 1.29 is 4.79 Å². The predicted molar refractivity (Wildman–Crippen MR) is 27.3 cm³/mol. The van der Waals surface area contributed by atoms with Gasteiger partial charge in [-0.25, -0.2) is 0 Å². The molecule has 0 aromatic rings. The molecule has 0 saturated heterocycles. The van der Waals surface area contributed by atoms with E-state index < -0.39 is 5.91 Å². The van der Waals surface area contributed by atoms with Crippen molar-refractivity contribution in [1.29, 1.82) is 5.41 Å². The second kappa shape index (κ2) is 2.77. The monoisotopic (exact) mass is 165 g/mol. The van der Waals surface area contributed by atoms with Crippen molar-refractivity contribution in [1.82, 2.24) is 0 Å². The summed E-state index contributed by atoms with van der Waals surface area (Å²) >= 11 is 2.35. The van der Waals surface area contributed by atoms with Crippen LogP contribution in [0.2, 0.25) is 0 Å². The van der Waals surface area contributed by atoms with Crippen molar-refractivity contribution in [3.63, 3.8) is 0 Å². The molecule has 0 aromatic heterocycles. The second-order valence-electron chi connectivity index (χ2n) is 1.07. The molecular weight excluding hydrogens is 159 g/mol. The summed E-state index contributed by atoms with van der Waals surface area (Å²) in [5.74, 6) is -0.469. The van der Waals surface area contributed by atoms with Gasteiger partial charge in [0.2, 0.25) is 0 Å². The molecule has 39 valence electrons. The molecule has 0 aliphatic rings. The van der Waals surface area contributed by atoms with E-state index in [2.05, 4.69) is 16.0 Å². The Labute approximate surface area is 49.6 Å². The van der Waals surface area contributed by atoms with Gasteiger partial charge in [-0.2, -0.15) is 0 Å². The van der Waals surface area contributed by atoms with Gasteiger partial charge in [-0.05, 0) is 0 Å². The summed E-state index contributed by atoms with van der Waals surface area (Å²) in [6, 6.07) is 0. The Morgan fingerprint density at radius 3 is 2.29 bits per heavy atom. The number of hydrogen-bond acceptors (Lipinski definition) is 2. The summed E-state index contributed by atoms with van der Waals surface area (Å²) in [6.45, 7) is 0. The van der Waals surface area contributed by atoms with E-state index in [0.717, 1.165) is 0 Å². The molecule has 4 heteroatoms. The fourth-order valence-electron chi connectivity index (χ4n) is 0.158. The second-order valence-corrected chi connectivity index (χ2v) is 2.10.